The number of hydrogen-bond donors (Lipinski definition) is 2. The molecule has 0 aliphatic carbocycles. The lowest BCUT2D eigenvalue weighted by molar-refractivity contribution is 0.108. The number of aryl methyl sites for hydroxylation is 2. The topological polar surface area (TPSA) is 77.7 Å². The van der Waals surface area contributed by atoms with E-state index in [-0.39, 0.29) is 24.7 Å². The second kappa shape index (κ2) is 11.9. The first-order valence-corrected chi connectivity index (χ1v) is 11.3. The van der Waals surface area contributed by atoms with Gasteiger partial charge in [0.1, 0.15) is 24.2 Å². The number of methoxy groups -OCH3 is 1. The van der Waals surface area contributed by atoms with E-state index in [1.807, 2.05) is 54.6 Å². The summed E-state index contributed by atoms with van der Waals surface area (Å²) in [5, 5.41) is 14.0. The second-order valence-electron chi connectivity index (χ2n) is 8.39. The molecule has 0 fully saturated rings. The molecule has 0 saturated heterocycles. The number of aliphatic hydroxyl groups excluding tert-OH is 1. The summed E-state index contributed by atoms with van der Waals surface area (Å²) in [4.78, 5) is 12.1. The standard InChI is InChI=1S/C27H31N3O4.ClH/c1-29-24-13-8-21(16-25(24)30(2)27(29)32)26(31)18-34-23-11-6-20(7-12-23)17-28-15-14-19-4-9-22(33-3)10-5-19;/h4-13,16,26,28,31H,14-15,17-18H2,1-3H3;1H. The predicted octanol–water partition coefficient (Wildman–Crippen LogP) is 3.75. The van der Waals surface area contributed by atoms with E-state index in [4.69, 9.17) is 9.47 Å². The van der Waals surface area contributed by atoms with Crippen molar-refractivity contribution in [3.05, 3.63) is 93.9 Å². The Morgan fingerprint density at radius 2 is 1.51 bits per heavy atom. The summed E-state index contributed by atoms with van der Waals surface area (Å²) in [6.45, 7) is 1.79. The smallest absolute Gasteiger partial charge is 0.328 e. The molecule has 1 heterocycles. The molecule has 0 bridgehead atoms. The lowest BCUT2D eigenvalue weighted by Gasteiger charge is -2.14. The SMILES string of the molecule is COc1ccc(CCNCc2ccc(OCC(O)c3ccc4c(c3)n(C)c(=O)n4C)cc2)cc1.Cl. The zero-order valence-corrected chi connectivity index (χ0v) is 21.0. The number of aromatic nitrogens is 2. The summed E-state index contributed by atoms with van der Waals surface area (Å²) in [5.41, 5.74) is 4.67. The molecule has 1 aromatic heterocycles. The van der Waals surface area contributed by atoms with E-state index in [9.17, 15) is 9.90 Å². The third-order valence-electron chi connectivity index (χ3n) is 6.09. The van der Waals surface area contributed by atoms with E-state index in [2.05, 4.69) is 17.4 Å². The number of hydrogen-bond acceptors (Lipinski definition) is 5. The van der Waals surface area contributed by atoms with Crippen LogP contribution in [0.1, 0.15) is 22.8 Å². The van der Waals surface area contributed by atoms with Crippen molar-refractivity contribution in [2.75, 3.05) is 20.3 Å². The molecule has 4 rings (SSSR count). The minimum Gasteiger partial charge on any atom is -0.497 e. The van der Waals surface area contributed by atoms with Gasteiger partial charge in [-0.25, -0.2) is 4.79 Å². The van der Waals surface area contributed by atoms with Crippen LogP contribution in [0, 0.1) is 0 Å². The van der Waals surface area contributed by atoms with Crippen molar-refractivity contribution in [1.29, 1.82) is 0 Å². The minimum absolute atomic E-state index is 0. The molecule has 2 N–H and O–H groups in total. The van der Waals surface area contributed by atoms with Crippen molar-refractivity contribution < 1.29 is 14.6 Å². The van der Waals surface area contributed by atoms with E-state index in [1.54, 1.807) is 30.3 Å². The molecular formula is C27H32ClN3O4. The quantitative estimate of drug-likeness (QED) is 0.326. The number of nitrogens with one attached hydrogen (secondary N) is 1. The number of imidazole rings is 1. The fraction of sp³-hybridized carbons (Fsp3) is 0.296. The van der Waals surface area contributed by atoms with Crippen molar-refractivity contribution in [3.8, 4) is 11.5 Å². The molecule has 4 aromatic rings. The van der Waals surface area contributed by atoms with Crippen LogP contribution in [0.3, 0.4) is 0 Å². The average Bonchev–Trinajstić information content (AvgIpc) is 3.09. The molecule has 0 spiro atoms. The van der Waals surface area contributed by atoms with Gasteiger partial charge >= 0.3 is 5.69 Å². The Kier molecular flexibility index (Phi) is 8.98. The highest BCUT2D eigenvalue weighted by molar-refractivity contribution is 5.85. The Balaban J connectivity index is 0.00000342. The number of nitrogens with zero attached hydrogens (tertiary/aromatic N) is 2. The molecule has 3 aromatic carbocycles. The number of halogens is 1. The number of aliphatic hydroxyl groups is 1. The van der Waals surface area contributed by atoms with E-state index < -0.39 is 6.10 Å². The molecule has 186 valence electrons. The van der Waals surface area contributed by atoms with Crippen molar-refractivity contribution in [2.24, 2.45) is 14.1 Å². The Hall–Kier alpha value is -3.26. The van der Waals surface area contributed by atoms with Gasteiger partial charge in [-0.2, -0.15) is 0 Å². The van der Waals surface area contributed by atoms with Crippen LogP contribution in [-0.2, 0) is 27.1 Å². The van der Waals surface area contributed by atoms with Crippen molar-refractivity contribution in [3.63, 3.8) is 0 Å². The Labute approximate surface area is 211 Å². The summed E-state index contributed by atoms with van der Waals surface area (Å²) >= 11 is 0. The minimum atomic E-state index is -0.793. The van der Waals surface area contributed by atoms with E-state index in [1.165, 1.54) is 5.56 Å². The zero-order valence-electron chi connectivity index (χ0n) is 20.2. The average molecular weight is 498 g/mol. The number of benzene rings is 3. The highest BCUT2D eigenvalue weighted by Crippen LogP contribution is 2.21. The molecule has 0 aliphatic heterocycles. The molecular weight excluding hydrogens is 466 g/mol. The maximum absolute atomic E-state index is 12.1. The predicted molar refractivity (Wildman–Crippen MR) is 141 cm³/mol. The van der Waals surface area contributed by atoms with Crippen LogP contribution < -0.4 is 20.5 Å². The first kappa shape index (κ1) is 26.3. The third kappa shape index (κ3) is 6.25. The molecule has 0 aliphatic rings. The van der Waals surface area contributed by atoms with Crippen LogP contribution >= 0.6 is 12.4 Å². The Bertz CT molecular complexity index is 1300. The van der Waals surface area contributed by atoms with Gasteiger partial charge in [0.2, 0.25) is 0 Å². The summed E-state index contributed by atoms with van der Waals surface area (Å²) in [5.74, 6) is 1.57. The van der Waals surface area contributed by atoms with Gasteiger partial charge in [0, 0.05) is 20.6 Å². The van der Waals surface area contributed by atoms with Gasteiger partial charge in [-0.05, 0) is 66.1 Å². The number of ether oxygens (including phenoxy) is 2. The van der Waals surface area contributed by atoms with Crippen molar-refractivity contribution in [1.82, 2.24) is 14.5 Å². The fourth-order valence-corrected chi connectivity index (χ4v) is 3.96. The van der Waals surface area contributed by atoms with Crippen LogP contribution in [0.5, 0.6) is 11.5 Å². The largest absolute Gasteiger partial charge is 0.497 e. The molecule has 1 unspecified atom stereocenters. The van der Waals surface area contributed by atoms with Gasteiger partial charge in [0.15, 0.2) is 0 Å². The van der Waals surface area contributed by atoms with Gasteiger partial charge in [-0.15, -0.1) is 12.4 Å². The van der Waals surface area contributed by atoms with Crippen LogP contribution in [0.15, 0.2) is 71.5 Å². The summed E-state index contributed by atoms with van der Waals surface area (Å²) < 4.78 is 14.2. The molecule has 0 radical (unpaired) electrons. The van der Waals surface area contributed by atoms with Crippen LogP contribution in [0.2, 0.25) is 0 Å². The first-order valence-electron chi connectivity index (χ1n) is 11.3. The van der Waals surface area contributed by atoms with Gasteiger partial charge in [-0.3, -0.25) is 9.13 Å². The monoisotopic (exact) mass is 497 g/mol. The fourth-order valence-electron chi connectivity index (χ4n) is 3.96. The van der Waals surface area contributed by atoms with E-state index in [0.29, 0.717) is 11.3 Å². The first-order chi connectivity index (χ1) is 16.5. The number of fused-ring (bicyclic) bond motifs is 1. The van der Waals surface area contributed by atoms with Gasteiger partial charge in [0.05, 0.1) is 18.1 Å². The molecule has 1 atom stereocenters. The van der Waals surface area contributed by atoms with Crippen LogP contribution in [0.4, 0.5) is 0 Å². The number of rotatable bonds is 10. The lowest BCUT2D eigenvalue weighted by Crippen LogP contribution is -2.19. The molecule has 8 heteroatoms. The Morgan fingerprint density at radius 3 is 2.20 bits per heavy atom. The summed E-state index contributed by atoms with van der Waals surface area (Å²) in [6.07, 6.45) is 0.158. The second-order valence-corrected chi connectivity index (χ2v) is 8.39. The van der Waals surface area contributed by atoms with Crippen molar-refractivity contribution >= 4 is 23.4 Å². The zero-order chi connectivity index (χ0) is 24.1. The van der Waals surface area contributed by atoms with E-state index in [0.717, 1.165) is 41.9 Å². The molecule has 0 amide bonds. The lowest BCUT2D eigenvalue weighted by atomic mass is 10.1. The van der Waals surface area contributed by atoms with E-state index >= 15 is 0 Å². The van der Waals surface area contributed by atoms with Gasteiger partial charge in [-0.1, -0.05) is 30.3 Å². The molecule has 0 saturated carbocycles. The van der Waals surface area contributed by atoms with Crippen LogP contribution in [0.25, 0.3) is 11.0 Å². The maximum atomic E-state index is 12.1. The Morgan fingerprint density at radius 1 is 0.886 bits per heavy atom. The highest BCUT2D eigenvalue weighted by Gasteiger charge is 2.13. The normalized spacial score (nSPS) is 11.8. The van der Waals surface area contributed by atoms with Crippen molar-refractivity contribution in [2.45, 2.75) is 19.1 Å². The molecule has 7 nitrogen and oxygen atoms in total. The summed E-state index contributed by atoms with van der Waals surface area (Å²) in [7, 11) is 5.14. The van der Waals surface area contributed by atoms with Crippen LogP contribution in [-0.4, -0.2) is 34.5 Å². The van der Waals surface area contributed by atoms with Gasteiger partial charge < -0.3 is 19.9 Å². The summed E-state index contributed by atoms with van der Waals surface area (Å²) in [6, 6.07) is 21.5. The highest BCUT2D eigenvalue weighted by atomic mass is 35.5. The van der Waals surface area contributed by atoms with Gasteiger partial charge in [0.25, 0.3) is 0 Å². The molecule has 35 heavy (non-hydrogen) atoms. The maximum Gasteiger partial charge on any atom is 0.328 e. The third-order valence-corrected chi connectivity index (χ3v) is 6.09.